The zero-order valence-electron chi connectivity index (χ0n) is 32.8. The normalized spacial score (nSPS) is 16.8. The van der Waals surface area contributed by atoms with Crippen LogP contribution in [-0.4, -0.2) is 22.9 Å². The van der Waals surface area contributed by atoms with Gasteiger partial charge >= 0.3 is 0 Å². The van der Waals surface area contributed by atoms with Crippen LogP contribution in [0.15, 0.2) is 186 Å². The molecule has 0 spiro atoms. The maximum atomic E-state index is 6.59. The van der Waals surface area contributed by atoms with Crippen LogP contribution >= 0.6 is 0 Å². The zero-order chi connectivity index (χ0) is 38.6. The summed E-state index contributed by atoms with van der Waals surface area (Å²) in [5.74, 6) is 2.09. The fourth-order valence-corrected chi connectivity index (χ4v) is 19.8. The van der Waals surface area contributed by atoms with E-state index < -0.39 is 16.1 Å². The van der Waals surface area contributed by atoms with Gasteiger partial charge in [-0.05, 0) is 75.9 Å². The molecule has 0 saturated heterocycles. The minimum absolute atomic E-state index is 0.0935. The summed E-state index contributed by atoms with van der Waals surface area (Å²) in [6.45, 7) is 5.28. The van der Waals surface area contributed by atoms with E-state index in [1.807, 2.05) is 6.26 Å². The van der Waals surface area contributed by atoms with E-state index in [-0.39, 0.29) is 6.71 Å². The number of rotatable bonds is 4. The number of benzene rings is 7. The van der Waals surface area contributed by atoms with E-state index in [9.17, 15) is 0 Å². The second-order valence-corrected chi connectivity index (χ2v) is 25.1. The van der Waals surface area contributed by atoms with Crippen molar-refractivity contribution in [3.8, 4) is 16.9 Å². The number of para-hydroxylation sites is 3. The molecule has 0 radical (unpaired) electrons. The molecular formula is C52H42BNO2Si2. The quantitative estimate of drug-likeness (QED) is 0.185. The van der Waals surface area contributed by atoms with Crippen LogP contribution in [-0.2, 0) is 0 Å². The Morgan fingerprint density at radius 1 is 0.586 bits per heavy atom. The van der Waals surface area contributed by atoms with Crippen molar-refractivity contribution in [3.63, 3.8) is 0 Å². The Bertz CT molecular complexity index is 2950. The first-order chi connectivity index (χ1) is 28.5. The van der Waals surface area contributed by atoms with Gasteiger partial charge in [-0.15, -0.1) is 0 Å². The van der Waals surface area contributed by atoms with Crippen molar-refractivity contribution in [2.24, 2.45) is 0 Å². The van der Waals surface area contributed by atoms with E-state index in [2.05, 4.69) is 182 Å². The summed E-state index contributed by atoms with van der Waals surface area (Å²) in [6, 6.07) is 62.4. The van der Waals surface area contributed by atoms with Crippen molar-refractivity contribution in [2.75, 3.05) is 4.90 Å². The van der Waals surface area contributed by atoms with Crippen LogP contribution in [0.4, 0.5) is 11.4 Å². The molecule has 1 aliphatic carbocycles. The summed E-state index contributed by atoms with van der Waals surface area (Å²) >= 11 is 0. The summed E-state index contributed by atoms with van der Waals surface area (Å²) in [5.41, 5.74) is 11.4. The number of furan rings is 1. The van der Waals surface area contributed by atoms with Gasteiger partial charge in [0, 0.05) is 23.1 Å². The average Bonchev–Trinajstić information content (AvgIpc) is 3.77. The fourth-order valence-electron chi connectivity index (χ4n) is 11.2. The van der Waals surface area contributed by atoms with E-state index in [1.165, 1.54) is 66.6 Å². The molecule has 0 bridgehead atoms. The van der Waals surface area contributed by atoms with Gasteiger partial charge < -0.3 is 14.1 Å². The molecule has 58 heavy (non-hydrogen) atoms. The van der Waals surface area contributed by atoms with E-state index in [0.717, 1.165) is 46.6 Å². The molecule has 8 aromatic rings. The first-order valence-electron chi connectivity index (χ1n) is 20.8. The second kappa shape index (κ2) is 12.7. The number of nitrogens with zero attached hydrogens (tertiary/aromatic N) is 1. The molecule has 6 heteroatoms. The Morgan fingerprint density at radius 3 is 2.16 bits per heavy atom. The molecule has 0 amide bonds. The Labute approximate surface area is 342 Å². The van der Waals surface area contributed by atoms with Crippen molar-refractivity contribution in [1.82, 2.24) is 0 Å². The molecule has 3 aliphatic heterocycles. The van der Waals surface area contributed by atoms with Gasteiger partial charge in [0.1, 0.15) is 19.4 Å². The second-order valence-electron chi connectivity index (χ2n) is 17.0. The van der Waals surface area contributed by atoms with Gasteiger partial charge in [-0.2, -0.15) is 0 Å². The fraction of sp³-hybridized carbons (Fsp3) is 0.115. The Balaban J connectivity index is 1.16. The van der Waals surface area contributed by atoms with Gasteiger partial charge in [-0.3, -0.25) is 0 Å². The molecule has 12 rings (SSSR count). The lowest BCUT2D eigenvalue weighted by atomic mass is 9.36. The first-order valence-corrected chi connectivity index (χ1v) is 25.8. The lowest BCUT2D eigenvalue weighted by Gasteiger charge is -2.48. The summed E-state index contributed by atoms with van der Waals surface area (Å²) in [6.07, 6.45) is 6.19. The predicted octanol–water partition coefficient (Wildman–Crippen LogP) is 6.76. The topological polar surface area (TPSA) is 25.6 Å². The Morgan fingerprint density at radius 2 is 1.33 bits per heavy atom. The SMILES string of the molecule is C[Si]1(C)c2cc(N3C4=C(CCCC4)Oc4ccccc43)ccc2B2c3cc(-c4cccc5ccoc45)ccc3[Si](c3ccccc3)(c3ccccc3)c3cccc1c32. The molecule has 4 heterocycles. The number of ether oxygens (including phenoxy) is 1. The highest BCUT2D eigenvalue weighted by Gasteiger charge is 2.54. The molecule has 0 unspecified atom stereocenters. The van der Waals surface area contributed by atoms with Crippen LogP contribution in [0.25, 0.3) is 22.1 Å². The molecule has 0 atom stereocenters. The molecule has 1 aromatic heterocycles. The van der Waals surface area contributed by atoms with E-state index in [1.54, 1.807) is 10.6 Å². The summed E-state index contributed by atoms with van der Waals surface area (Å²) < 4.78 is 12.8. The number of allylic oxidation sites excluding steroid dienone is 2. The van der Waals surface area contributed by atoms with E-state index in [4.69, 9.17) is 9.15 Å². The third-order valence-corrected chi connectivity index (χ3v) is 22.2. The van der Waals surface area contributed by atoms with Crippen molar-refractivity contribution in [1.29, 1.82) is 0 Å². The lowest BCUT2D eigenvalue weighted by Crippen LogP contribution is -2.91. The number of hydrogen-bond donors (Lipinski definition) is 0. The van der Waals surface area contributed by atoms with Crippen molar-refractivity contribution in [2.45, 2.75) is 38.8 Å². The zero-order valence-corrected chi connectivity index (χ0v) is 34.8. The third-order valence-electron chi connectivity index (χ3n) is 13.7. The lowest BCUT2D eigenvalue weighted by molar-refractivity contribution is 0.363. The Kier molecular flexibility index (Phi) is 7.45. The smallest absolute Gasteiger partial charge is 0.240 e. The summed E-state index contributed by atoms with van der Waals surface area (Å²) in [5, 5.41) is 10.1. The maximum absolute atomic E-state index is 6.59. The molecule has 0 N–H and O–H groups in total. The van der Waals surface area contributed by atoms with Crippen LogP contribution in [0, 0.1) is 0 Å². The van der Waals surface area contributed by atoms with Crippen LogP contribution < -0.4 is 57.1 Å². The maximum Gasteiger partial charge on any atom is 0.240 e. The highest BCUT2D eigenvalue weighted by Crippen LogP contribution is 2.46. The minimum Gasteiger partial charge on any atom is -0.464 e. The minimum atomic E-state index is -2.81. The Hall–Kier alpha value is -6.08. The molecule has 7 aromatic carbocycles. The van der Waals surface area contributed by atoms with Crippen molar-refractivity contribution < 1.29 is 9.15 Å². The first kappa shape index (κ1) is 34.0. The average molecular weight is 780 g/mol. The van der Waals surface area contributed by atoms with Crippen LogP contribution in [0.1, 0.15) is 25.7 Å². The number of anilines is 2. The highest BCUT2D eigenvalue weighted by molar-refractivity contribution is 7.28. The third kappa shape index (κ3) is 4.67. The highest BCUT2D eigenvalue weighted by atomic mass is 28.3. The van der Waals surface area contributed by atoms with Gasteiger partial charge in [-0.1, -0.05) is 173 Å². The molecule has 0 fully saturated rings. The number of hydrogen-bond acceptors (Lipinski definition) is 3. The molecule has 3 nitrogen and oxygen atoms in total. The van der Waals surface area contributed by atoms with Crippen molar-refractivity contribution >= 4 is 92.7 Å². The number of fused-ring (bicyclic) bond motifs is 6. The molecule has 278 valence electrons. The standard InChI is InChI=1S/C52H42BNO2Si2/c1-57(2)48-25-14-26-49-51(48)53(41-29-28-37(34-50(41)57)54-43-21-9-11-23-45(43)56-46-24-12-10-22-44(46)54)42-33-36(40-20-13-15-35-31-32-55-52(35)40)27-30-47(42)58(49,38-16-5-3-6-17-38)39-18-7-4-8-19-39/h3-9,11,13-21,23,25-34H,10,12,22,24H2,1-2H3. The van der Waals surface area contributed by atoms with E-state index in [0.29, 0.717) is 0 Å². The van der Waals surface area contributed by atoms with Gasteiger partial charge in [0.15, 0.2) is 13.8 Å². The summed E-state index contributed by atoms with van der Waals surface area (Å²) in [7, 11) is -5.08. The van der Waals surface area contributed by atoms with Crippen LogP contribution in [0.5, 0.6) is 5.75 Å². The van der Waals surface area contributed by atoms with Gasteiger partial charge in [0.2, 0.25) is 6.71 Å². The summed E-state index contributed by atoms with van der Waals surface area (Å²) in [4.78, 5) is 2.53. The van der Waals surface area contributed by atoms with Crippen molar-refractivity contribution in [3.05, 3.63) is 182 Å². The van der Waals surface area contributed by atoms with E-state index >= 15 is 0 Å². The monoisotopic (exact) mass is 779 g/mol. The molecular weight excluding hydrogens is 738 g/mol. The van der Waals surface area contributed by atoms with Gasteiger partial charge in [-0.25, -0.2) is 0 Å². The molecule has 0 saturated carbocycles. The van der Waals surface area contributed by atoms with Gasteiger partial charge in [0.25, 0.3) is 0 Å². The largest absolute Gasteiger partial charge is 0.464 e. The van der Waals surface area contributed by atoms with Crippen LogP contribution in [0.2, 0.25) is 13.1 Å². The van der Waals surface area contributed by atoms with Crippen LogP contribution in [0.3, 0.4) is 0 Å². The molecule has 4 aliphatic rings. The predicted molar refractivity (Wildman–Crippen MR) is 248 cm³/mol. The van der Waals surface area contributed by atoms with Gasteiger partial charge in [0.05, 0.1) is 17.6 Å².